The summed E-state index contributed by atoms with van der Waals surface area (Å²) >= 11 is 0. The lowest BCUT2D eigenvalue weighted by molar-refractivity contribution is 0.361. The van der Waals surface area contributed by atoms with Crippen LogP contribution in [0.1, 0.15) is 0 Å². The normalized spacial score (nSPS) is 21.5. The molecule has 0 spiro atoms. The lowest BCUT2D eigenvalue weighted by Crippen LogP contribution is -2.34. The molecule has 0 unspecified atom stereocenters. The molecule has 2 rings (SSSR count). The Balaban J connectivity index is 2.23. The van der Waals surface area contributed by atoms with E-state index in [1.807, 2.05) is 7.05 Å². The van der Waals surface area contributed by atoms with Crippen LogP contribution >= 0.6 is 7.14 Å². The number of halogens is 1. The minimum absolute atomic E-state index is 0.264. The Labute approximate surface area is 89.5 Å². The molecular formula is C11H15FNOP. The molecule has 1 aliphatic heterocycles. The van der Waals surface area contributed by atoms with E-state index in [0.717, 1.165) is 30.7 Å². The third kappa shape index (κ3) is 2.30. The molecule has 0 saturated carbocycles. The predicted octanol–water partition coefficient (Wildman–Crippen LogP) is 1.76. The van der Waals surface area contributed by atoms with Crippen LogP contribution < -0.4 is 5.30 Å². The zero-order valence-corrected chi connectivity index (χ0v) is 9.71. The van der Waals surface area contributed by atoms with Crippen LogP contribution in [-0.2, 0) is 4.57 Å². The van der Waals surface area contributed by atoms with Gasteiger partial charge in [-0.25, -0.2) is 4.39 Å². The number of benzene rings is 1. The maximum absolute atomic E-state index is 12.7. The second kappa shape index (κ2) is 4.07. The van der Waals surface area contributed by atoms with Crippen molar-refractivity contribution in [1.29, 1.82) is 0 Å². The molecule has 0 radical (unpaired) electrons. The lowest BCUT2D eigenvalue weighted by Gasteiger charge is -2.29. The summed E-state index contributed by atoms with van der Waals surface area (Å²) in [5, 5.41) is 0.831. The highest BCUT2D eigenvalue weighted by Crippen LogP contribution is 2.45. The Kier molecular flexibility index (Phi) is 2.94. The predicted molar refractivity (Wildman–Crippen MR) is 60.9 cm³/mol. The van der Waals surface area contributed by atoms with Gasteiger partial charge in [-0.15, -0.1) is 0 Å². The SMILES string of the molecule is CN1CCP(=O)(c2ccc(F)cc2)CC1. The molecule has 1 aromatic rings. The van der Waals surface area contributed by atoms with Crippen molar-refractivity contribution in [3.8, 4) is 0 Å². The minimum Gasteiger partial charge on any atom is -0.319 e. The molecule has 1 fully saturated rings. The van der Waals surface area contributed by atoms with Crippen LogP contribution in [0.15, 0.2) is 24.3 Å². The van der Waals surface area contributed by atoms with Crippen molar-refractivity contribution in [2.75, 3.05) is 32.5 Å². The smallest absolute Gasteiger partial charge is 0.123 e. The van der Waals surface area contributed by atoms with E-state index in [0.29, 0.717) is 0 Å². The molecule has 0 atom stereocenters. The second-order valence-corrected chi connectivity index (χ2v) is 7.31. The first-order valence-electron chi connectivity index (χ1n) is 5.13. The zero-order valence-electron chi connectivity index (χ0n) is 8.82. The largest absolute Gasteiger partial charge is 0.319 e. The summed E-state index contributed by atoms with van der Waals surface area (Å²) in [5.41, 5.74) is 0. The van der Waals surface area contributed by atoms with Crippen molar-refractivity contribution < 1.29 is 8.96 Å². The molecule has 1 heterocycles. The molecule has 15 heavy (non-hydrogen) atoms. The van der Waals surface area contributed by atoms with Gasteiger partial charge < -0.3 is 9.46 Å². The summed E-state index contributed by atoms with van der Waals surface area (Å²) in [6.45, 7) is 1.74. The Hall–Kier alpha value is -0.660. The first-order chi connectivity index (χ1) is 7.10. The highest BCUT2D eigenvalue weighted by Gasteiger charge is 2.28. The van der Waals surface area contributed by atoms with Crippen LogP contribution in [0.2, 0.25) is 0 Å². The average Bonchev–Trinajstić information content (AvgIpc) is 2.24. The third-order valence-electron chi connectivity index (χ3n) is 2.98. The maximum Gasteiger partial charge on any atom is 0.123 e. The van der Waals surface area contributed by atoms with E-state index in [4.69, 9.17) is 0 Å². The molecule has 0 aromatic heterocycles. The Morgan fingerprint density at radius 3 is 2.27 bits per heavy atom. The van der Waals surface area contributed by atoms with Gasteiger partial charge in [-0.1, -0.05) is 0 Å². The van der Waals surface area contributed by atoms with Crippen LogP contribution in [-0.4, -0.2) is 37.4 Å². The molecule has 2 nitrogen and oxygen atoms in total. The summed E-state index contributed by atoms with van der Waals surface area (Å²) < 4.78 is 25.3. The molecular weight excluding hydrogens is 212 g/mol. The maximum atomic E-state index is 12.7. The summed E-state index contributed by atoms with van der Waals surface area (Å²) in [6.07, 6.45) is 1.43. The first-order valence-corrected chi connectivity index (χ1v) is 7.21. The van der Waals surface area contributed by atoms with Gasteiger partial charge in [0.1, 0.15) is 13.0 Å². The number of hydrogen-bond donors (Lipinski definition) is 0. The zero-order chi connectivity index (χ0) is 10.9. The van der Waals surface area contributed by atoms with Gasteiger partial charge in [0, 0.05) is 30.7 Å². The van der Waals surface area contributed by atoms with Crippen molar-refractivity contribution in [3.63, 3.8) is 0 Å². The summed E-state index contributed by atoms with van der Waals surface area (Å²) in [5.74, 6) is -0.264. The van der Waals surface area contributed by atoms with Crippen LogP contribution in [0.5, 0.6) is 0 Å². The monoisotopic (exact) mass is 227 g/mol. The van der Waals surface area contributed by atoms with E-state index in [9.17, 15) is 8.96 Å². The van der Waals surface area contributed by atoms with Crippen LogP contribution in [0.4, 0.5) is 4.39 Å². The van der Waals surface area contributed by atoms with Crippen molar-refractivity contribution in [1.82, 2.24) is 4.90 Å². The van der Waals surface area contributed by atoms with E-state index in [-0.39, 0.29) is 5.82 Å². The average molecular weight is 227 g/mol. The Morgan fingerprint density at radius 2 is 1.73 bits per heavy atom. The first kappa shape index (κ1) is 10.8. The van der Waals surface area contributed by atoms with Crippen molar-refractivity contribution in [2.24, 2.45) is 0 Å². The summed E-state index contributed by atoms with van der Waals surface area (Å²) in [7, 11) is -0.195. The van der Waals surface area contributed by atoms with Gasteiger partial charge in [0.05, 0.1) is 0 Å². The number of rotatable bonds is 1. The van der Waals surface area contributed by atoms with E-state index < -0.39 is 7.14 Å². The van der Waals surface area contributed by atoms with Crippen LogP contribution in [0.25, 0.3) is 0 Å². The van der Waals surface area contributed by atoms with Gasteiger partial charge in [0.2, 0.25) is 0 Å². The van der Waals surface area contributed by atoms with Gasteiger partial charge in [-0.3, -0.25) is 0 Å². The minimum atomic E-state index is -2.23. The standard InChI is InChI=1S/C11H15FNOP/c1-13-6-8-15(14,9-7-13)11-4-2-10(12)3-5-11/h2-5H,6-9H2,1H3. The third-order valence-corrected chi connectivity index (χ3v) is 6.07. The molecule has 1 aliphatic rings. The molecule has 1 saturated heterocycles. The highest BCUT2D eigenvalue weighted by atomic mass is 31.2. The van der Waals surface area contributed by atoms with Gasteiger partial charge >= 0.3 is 0 Å². The van der Waals surface area contributed by atoms with Gasteiger partial charge in [-0.05, 0) is 31.3 Å². The van der Waals surface area contributed by atoms with Crippen molar-refractivity contribution >= 4 is 12.4 Å². The van der Waals surface area contributed by atoms with Crippen molar-refractivity contribution in [3.05, 3.63) is 30.1 Å². The molecule has 0 bridgehead atoms. The molecule has 0 N–H and O–H groups in total. The van der Waals surface area contributed by atoms with Gasteiger partial charge in [0.25, 0.3) is 0 Å². The lowest BCUT2D eigenvalue weighted by atomic mass is 10.3. The van der Waals surface area contributed by atoms with E-state index in [2.05, 4.69) is 4.90 Å². The fourth-order valence-corrected chi connectivity index (χ4v) is 4.62. The van der Waals surface area contributed by atoms with Crippen LogP contribution in [0.3, 0.4) is 0 Å². The quantitative estimate of drug-likeness (QED) is 0.681. The molecule has 82 valence electrons. The Morgan fingerprint density at radius 1 is 1.20 bits per heavy atom. The fraction of sp³-hybridized carbons (Fsp3) is 0.455. The van der Waals surface area contributed by atoms with Crippen LogP contribution in [0, 0.1) is 5.82 Å². The molecule has 0 amide bonds. The second-order valence-electron chi connectivity index (χ2n) is 4.12. The summed E-state index contributed by atoms with van der Waals surface area (Å²) in [6, 6.07) is 6.13. The van der Waals surface area contributed by atoms with Gasteiger partial charge in [-0.2, -0.15) is 0 Å². The molecule has 1 aromatic carbocycles. The fourth-order valence-electron chi connectivity index (χ4n) is 1.86. The topological polar surface area (TPSA) is 20.3 Å². The van der Waals surface area contributed by atoms with E-state index in [1.165, 1.54) is 12.1 Å². The molecule has 0 aliphatic carbocycles. The molecule has 4 heteroatoms. The number of nitrogens with zero attached hydrogens (tertiary/aromatic N) is 1. The van der Waals surface area contributed by atoms with Crippen molar-refractivity contribution in [2.45, 2.75) is 0 Å². The Bertz CT molecular complexity index is 378. The van der Waals surface area contributed by atoms with Gasteiger partial charge in [0.15, 0.2) is 0 Å². The number of hydrogen-bond acceptors (Lipinski definition) is 2. The summed E-state index contributed by atoms with van der Waals surface area (Å²) in [4.78, 5) is 2.18. The van der Waals surface area contributed by atoms with E-state index in [1.54, 1.807) is 12.1 Å². The van der Waals surface area contributed by atoms with E-state index >= 15 is 0 Å². The highest BCUT2D eigenvalue weighted by molar-refractivity contribution is 7.71.